The van der Waals surface area contributed by atoms with Crippen molar-refractivity contribution in [2.45, 2.75) is 13.0 Å². The molecule has 0 bridgehead atoms. The normalized spacial score (nSPS) is 11.1. The molecule has 0 unspecified atom stereocenters. The molecular weight excluding hydrogens is 236 g/mol. The van der Waals surface area contributed by atoms with E-state index in [2.05, 4.69) is 15.1 Å². The summed E-state index contributed by atoms with van der Waals surface area (Å²) in [5.41, 5.74) is 2.15. The number of aromatic nitrogens is 4. The molecule has 0 aliphatic carbocycles. The maximum absolute atomic E-state index is 5.29. The van der Waals surface area contributed by atoms with E-state index in [1.54, 1.807) is 0 Å². The van der Waals surface area contributed by atoms with Crippen molar-refractivity contribution in [2.24, 2.45) is 0 Å². The van der Waals surface area contributed by atoms with Gasteiger partial charge in [0.05, 0.1) is 11.0 Å². The first kappa shape index (κ1) is 10.2. The van der Waals surface area contributed by atoms with Gasteiger partial charge in [-0.3, -0.25) is 0 Å². The molecule has 1 N–H and O–H groups in total. The molecule has 1 aromatic carbocycles. The highest BCUT2D eigenvalue weighted by Gasteiger charge is 2.05. The van der Waals surface area contributed by atoms with Gasteiger partial charge >= 0.3 is 0 Å². The fourth-order valence-corrected chi connectivity index (χ4v) is 2.14. The standard InChI is InChI=1S/C11H10N4OS/c17-11-13-8-3-1-2-4-9(8)15(11)6-5-10-12-7-16-14-10/h1-4,7H,5-6H2,(H,13,17). The van der Waals surface area contributed by atoms with Gasteiger partial charge < -0.3 is 14.1 Å². The first-order chi connectivity index (χ1) is 8.34. The van der Waals surface area contributed by atoms with Gasteiger partial charge in [-0.15, -0.1) is 0 Å². The number of hydrogen-bond acceptors (Lipinski definition) is 4. The molecule has 86 valence electrons. The van der Waals surface area contributed by atoms with Gasteiger partial charge in [0.1, 0.15) is 0 Å². The third kappa shape index (κ3) is 1.87. The quantitative estimate of drug-likeness (QED) is 0.720. The van der Waals surface area contributed by atoms with E-state index in [0.29, 0.717) is 12.2 Å². The lowest BCUT2D eigenvalue weighted by molar-refractivity contribution is 0.408. The second kappa shape index (κ2) is 4.14. The molecule has 2 heterocycles. The predicted octanol–water partition coefficient (Wildman–Crippen LogP) is 2.32. The number of benzene rings is 1. The minimum Gasteiger partial charge on any atom is -0.343 e. The summed E-state index contributed by atoms with van der Waals surface area (Å²) < 4.78 is 7.46. The van der Waals surface area contributed by atoms with Gasteiger partial charge in [0.25, 0.3) is 0 Å². The van der Waals surface area contributed by atoms with E-state index in [1.807, 2.05) is 28.8 Å². The Morgan fingerprint density at radius 1 is 1.35 bits per heavy atom. The minimum atomic E-state index is 0.692. The van der Waals surface area contributed by atoms with Gasteiger partial charge in [-0.1, -0.05) is 17.3 Å². The molecule has 0 amide bonds. The Morgan fingerprint density at radius 2 is 2.24 bits per heavy atom. The molecule has 6 heteroatoms. The Labute approximate surface area is 102 Å². The lowest BCUT2D eigenvalue weighted by atomic mass is 10.3. The summed E-state index contributed by atoms with van der Waals surface area (Å²) in [6.07, 6.45) is 2.04. The van der Waals surface area contributed by atoms with Crippen LogP contribution in [0.25, 0.3) is 11.0 Å². The molecular formula is C11H10N4OS. The summed E-state index contributed by atoms with van der Waals surface area (Å²) in [6, 6.07) is 8.03. The molecule has 2 aromatic heterocycles. The molecule has 0 atom stereocenters. The number of aromatic amines is 1. The number of H-pyrrole nitrogens is 1. The Balaban J connectivity index is 1.94. The number of aryl methyl sites for hydroxylation is 2. The molecule has 3 aromatic rings. The summed E-state index contributed by atoms with van der Waals surface area (Å²) in [4.78, 5) is 7.16. The number of para-hydroxylation sites is 2. The first-order valence-corrected chi connectivity index (χ1v) is 5.68. The summed E-state index contributed by atoms with van der Waals surface area (Å²) in [7, 11) is 0. The van der Waals surface area contributed by atoms with Crippen molar-refractivity contribution in [3.63, 3.8) is 0 Å². The number of nitrogens with zero attached hydrogens (tertiary/aromatic N) is 3. The van der Waals surface area contributed by atoms with Gasteiger partial charge in [0.15, 0.2) is 10.6 Å². The number of fused-ring (bicyclic) bond motifs is 1. The van der Waals surface area contributed by atoms with E-state index < -0.39 is 0 Å². The van der Waals surface area contributed by atoms with Gasteiger partial charge in [-0.05, 0) is 24.4 Å². The lowest BCUT2D eigenvalue weighted by Crippen LogP contribution is -2.02. The van der Waals surface area contributed by atoms with Crippen molar-refractivity contribution >= 4 is 23.3 Å². The van der Waals surface area contributed by atoms with E-state index in [9.17, 15) is 0 Å². The van der Waals surface area contributed by atoms with Crippen LogP contribution >= 0.6 is 12.2 Å². The highest BCUT2D eigenvalue weighted by molar-refractivity contribution is 7.71. The zero-order valence-electron chi connectivity index (χ0n) is 8.96. The highest BCUT2D eigenvalue weighted by atomic mass is 32.1. The van der Waals surface area contributed by atoms with Crippen molar-refractivity contribution in [3.05, 3.63) is 41.3 Å². The van der Waals surface area contributed by atoms with Crippen LogP contribution in [-0.4, -0.2) is 19.7 Å². The van der Waals surface area contributed by atoms with E-state index in [4.69, 9.17) is 16.7 Å². The smallest absolute Gasteiger partial charge is 0.213 e. The van der Waals surface area contributed by atoms with Crippen molar-refractivity contribution in [2.75, 3.05) is 0 Å². The molecule has 0 aliphatic heterocycles. The van der Waals surface area contributed by atoms with Crippen molar-refractivity contribution in [1.82, 2.24) is 19.7 Å². The fourth-order valence-electron chi connectivity index (χ4n) is 1.84. The second-order valence-corrected chi connectivity index (χ2v) is 4.08. The number of rotatable bonds is 3. The largest absolute Gasteiger partial charge is 0.343 e. The molecule has 0 saturated heterocycles. The topological polar surface area (TPSA) is 59.6 Å². The van der Waals surface area contributed by atoms with Crippen molar-refractivity contribution < 1.29 is 4.52 Å². The van der Waals surface area contributed by atoms with Crippen LogP contribution in [0, 0.1) is 4.77 Å². The molecule has 0 saturated carbocycles. The third-order valence-electron chi connectivity index (χ3n) is 2.65. The third-order valence-corrected chi connectivity index (χ3v) is 2.97. The average molecular weight is 246 g/mol. The molecule has 0 fully saturated rings. The van der Waals surface area contributed by atoms with Crippen LogP contribution in [0.5, 0.6) is 0 Å². The van der Waals surface area contributed by atoms with Gasteiger partial charge in [0, 0.05) is 13.0 Å². The average Bonchev–Trinajstić information content (AvgIpc) is 2.93. The van der Waals surface area contributed by atoms with E-state index in [1.165, 1.54) is 6.39 Å². The highest BCUT2D eigenvalue weighted by Crippen LogP contribution is 2.13. The van der Waals surface area contributed by atoms with Crippen LogP contribution in [0.4, 0.5) is 0 Å². The van der Waals surface area contributed by atoms with Gasteiger partial charge in [-0.25, -0.2) is 0 Å². The maximum atomic E-state index is 5.29. The predicted molar refractivity (Wildman–Crippen MR) is 65.1 cm³/mol. The first-order valence-electron chi connectivity index (χ1n) is 5.27. The van der Waals surface area contributed by atoms with Crippen LogP contribution in [0.15, 0.2) is 35.2 Å². The van der Waals surface area contributed by atoms with Crippen LogP contribution < -0.4 is 0 Å². The number of nitrogens with one attached hydrogen (secondary N) is 1. The molecule has 0 radical (unpaired) electrons. The van der Waals surface area contributed by atoms with Crippen LogP contribution in [0.1, 0.15) is 5.82 Å². The van der Waals surface area contributed by atoms with Crippen LogP contribution in [0.3, 0.4) is 0 Å². The van der Waals surface area contributed by atoms with E-state index >= 15 is 0 Å². The van der Waals surface area contributed by atoms with Crippen LogP contribution in [0.2, 0.25) is 0 Å². The SMILES string of the molecule is S=c1[nH]c2ccccc2n1CCc1ncon1. The molecule has 17 heavy (non-hydrogen) atoms. The molecule has 5 nitrogen and oxygen atoms in total. The fraction of sp³-hybridized carbons (Fsp3) is 0.182. The van der Waals surface area contributed by atoms with Gasteiger partial charge in [-0.2, -0.15) is 4.98 Å². The molecule has 0 aliphatic rings. The zero-order chi connectivity index (χ0) is 11.7. The monoisotopic (exact) mass is 246 g/mol. The Morgan fingerprint density at radius 3 is 3.06 bits per heavy atom. The second-order valence-electron chi connectivity index (χ2n) is 3.70. The summed E-state index contributed by atoms with van der Waals surface area (Å²) in [5, 5.41) is 3.78. The summed E-state index contributed by atoms with van der Waals surface area (Å²) >= 11 is 5.29. The Kier molecular flexibility index (Phi) is 2.49. The van der Waals surface area contributed by atoms with Crippen molar-refractivity contribution in [3.8, 4) is 0 Å². The lowest BCUT2D eigenvalue weighted by Gasteiger charge is -2.01. The summed E-state index contributed by atoms with van der Waals surface area (Å²) in [6.45, 7) is 0.738. The van der Waals surface area contributed by atoms with E-state index in [-0.39, 0.29) is 0 Å². The maximum Gasteiger partial charge on any atom is 0.213 e. The van der Waals surface area contributed by atoms with E-state index in [0.717, 1.165) is 22.3 Å². The zero-order valence-corrected chi connectivity index (χ0v) is 9.78. The number of hydrogen-bond donors (Lipinski definition) is 1. The van der Waals surface area contributed by atoms with Crippen molar-refractivity contribution in [1.29, 1.82) is 0 Å². The number of imidazole rings is 1. The molecule has 0 spiro atoms. The minimum absolute atomic E-state index is 0.692. The van der Waals surface area contributed by atoms with Crippen LogP contribution in [-0.2, 0) is 13.0 Å². The Bertz CT molecular complexity index is 683. The summed E-state index contributed by atoms with van der Waals surface area (Å²) in [5.74, 6) is 0.692. The van der Waals surface area contributed by atoms with Gasteiger partial charge in [0.2, 0.25) is 6.39 Å². The Hall–Kier alpha value is -1.95. The molecule has 3 rings (SSSR count).